The van der Waals surface area contributed by atoms with Crippen LogP contribution in [0.25, 0.3) is 0 Å². The van der Waals surface area contributed by atoms with Gasteiger partial charge in [0.2, 0.25) is 0 Å². The van der Waals surface area contributed by atoms with E-state index in [1.54, 1.807) is 6.26 Å². The highest BCUT2D eigenvalue weighted by atomic mass is 16.5. The zero-order valence-corrected chi connectivity index (χ0v) is 9.11. The molecule has 1 N–H and O–H groups in total. The van der Waals surface area contributed by atoms with Crippen LogP contribution >= 0.6 is 0 Å². The van der Waals surface area contributed by atoms with E-state index < -0.39 is 0 Å². The number of furan rings is 1. The van der Waals surface area contributed by atoms with Crippen LogP contribution in [0.4, 0.5) is 0 Å². The molecule has 1 aromatic rings. The van der Waals surface area contributed by atoms with Gasteiger partial charge in [-0.05, 0) is 19.2 Å². The molecule has 1 aromatic heterocycles. The molecule has 0 bridgehead atoms. The molecule has 0 radical (unpaired) electrons. The van der Waals surface area contributed by atoms with E-state index in [1.165, 1.54) is 0 Å². The van der Waals surface area contributed by atoms with Gasteiger partial charge in [-0.25, -0.2) is 0 Å². The highest BCUT2D eigenvalue weighted by Crippen LogP contribution is 2.03. The maximum atomic E-state index is 5.63. The summed E-state index contributed by atoms with van der Waals surface area (Å²) < 4.78 is 10.9. The Morgan fingerprint density at radius 3 is 3.27 bits per heavy atom. The average molecular weight is 210 g/mol. The summed E-state index contributed by atoms with van der Waals surface area (Å²) in [7, 11) is 2.13. The third-order valence-electron chi connectivity index (χ3n) is 2.59. The van der Waals surface area contributed by atoms with Crippen molar-refractivity contribution >= 4 is 0 Å². The lowest BCUT2D eigenvalue weighted by atomic mass is 10.3. The molecule has 15 heavy (non-hydrogen) atoms. The minimum atomic E-state index is 0.304. The molecule has 4 heteroatoms. The van der Waals surface area contributed by atoms with Gasteiger partial charge >= 0.3 is 0 Å². The molecule has 0 spiro atoms. The van der Waals surface area contributed by atoms with E-state index in [-0.39, 0.29) is 0 Å². The molecular weight excluding hydrogens is 192 g/mol. The smallest absolute Gasteiger partial charge is 0.117 e. The van der Waals surface area contributed by atoms with Gasteiger partial charge in [-0.3, -0.25) is 0 Å². The fraction of sp³-hybridized carbons (Fsp3) is 0.636. The second kappa shape index (κ2) is 5.30. The summed E-state index contributed by atoms with van der Waals surface area (Å²) in [6.07, 6.45) is 2.00. The molecule has 2 heterocycles. The molecule has 1 atom stereocenters. The quantitative estimate of drug-likeness (QED) is 0.794. The van der Waals surface area contributed by atoms with Crippen LogP contribution in [0.3, 0.4) is 0 Å². The summed E-state index contributed by atoms with van der Waals surface area (Å²) in [5.74, 6) is 0.971. The standard InChI is InChI=1S/C11H18N2O2/c1-13-4-6-15-11(9-13)8-12-7-10-3-2-5-14-10/h2-3,5,11-12H,4,6-9H2,1H3/t11-/m1/s1. The molecule has 0 unspecified atom stereocenters. The Morgan fingerprint density at radius 2 is 2.53 bits per heavy atom. The molecule has 0 saturated carbocycles. The Morgan fingerprint density at radius 1 is 1.60 bits per heavy atom. The zero-order valence-electron chi connectivity index (χ0n) is 9.11. The largest absolute Gasteiger partial charge is 0.468 e. The first-order valence-electron chi connectivity index (χ1n) is 5.38. The van der Waals surface area contributed by atoms with Crippen LogP contribution in [0.15, 0.2) is 22.8 Å². The van der Waals surface area contributed by atoms with Crippen LogP contribution in [-0.4, -0.2) is 44.3 Å². The van der Waals surface area contributed by atoms with Gasteiger partial charge in [-0.1, -0.05) is 0 Å². The first-order chi connectivity index (χ1) is 7.34. The van der Waals surface area contributed by atoms with E-state index in [0.717, 1.165) is 38.5 Å². The number of nitrogens with zero attached hydrogens (tertiary/aromatic N) is 1. The van der Waals surface area contributed by atoms with E-state index in [0.29, 0.717) is 6.10 Å². The average Bonchev–Trinajstić information content (AvgIpc) is 2.71. The molecule has 2 rings (SSSR count). The molecule has 1 aliphatic rings. The van der Waals surface area contributed by atoms with Crippen molar-refractivity contribution in [3.63, 3.8) is 0 Å². The molecule has 0 amide bonds. The van der Waals surface area contributed by atoms with Gasteiger partial charge in [0.05, 0.1) is 25.5 Å². The minimum Gasteiger partial charge on any atom is -0.468 e. The van der Waals surface area contributed by atoms with Gasteiger partial charge in [0.25, 0.3) is 0 Å². The maximum absolute atomic E-state index is 5.63. The van der Waals surface area contributed by atoms with Crippen molar-refractivity contribution < 1.29 is 9.15 Å². The summed E-state index contributed by atoms with van der Waals surface area (Å²) in [6.45, 7) is 4.53. The Labute approximate surface area is 90.2 Å². The Balaban J connectivity index is 1.65. The Hall–Kier alpha value is -0.840. The van der Waals surface area contributed by atoms with Crippen molar-refractivity contribution in [2.75, 3.05) is 33.3 Å². The summed E-state index contributed by atoms with van der Waals surface area (Å²) in [5.41, 5.74) is 0. The third kappa shape index (κ3) is 3.34. The molecule has 1 saturated heterocycles. The summed E-state index contributed by atoms with van der Waals surface area (Å²) in [4.78, 5) is 2.29. The van der Waals surface area contributed by atoms with Crippen molar-refractivity contribution in [2.45, 2.75) is 12.6 Å². The molecule has 4 nitrogen and oxygen atoms in total. The predicted molar refractivity (Wildman–Crippen MR) is 57.7 cm³/mol. The molecule has 0 aromatic carbocycles. The summed E-state index contributed by atoms with van der Waals surface area (Å²) in [5, 5.41) is 3.33. The van der Waals surface area contributed by atoms with E-state index in [9.17, 15) is 0 Å². The highest BCUT2D eigenvalue weighted by molar-refractivity contribution is 4.97. The normalized spacial score (nSPS) is 23.1. The summed E-state index contributed by atoms with van der Waals surface area (Å²) in [6, 6.07) is 3.88. The van der Waals surface area contributed by atoms with E-state index in [2.05, 4.69) is 17.3 Å². The van der Waals surface area contributed by atoms with Crippen molar-refractivity contribution in [3.8, 4) is 0 Å². The van der Waals surface area contributed by atoms with Gasteiger partial charge in [0.15, 0.2) is 0 Å². The second-order valence-corrected chi connectivity index (χ2v) is 3.97. The van der Waals surface area contributed by atoms with Crippen LogP contribution in [0.1, 0.15) is 5.76 Å². The van der Waals surface area contributed by atoms with E-state index >= 15 is 0 Å². The van der Waals surface area contributed by atoms with Crippen molar-refractivity contribution in [1.82, 2.24) is 10.2 Å². The second-order valence-electron chi connectivity index (χ2n) is 3.97. The van der Waals surface area contributed by atoms with Crippen molar-refractivity contribution in [2.24, 2.45) is 0 Å². The molecule has 84 valence electrons. The molecule has 1 aliphatic heterocycles. The summed E-state index contributed by atoms with van der Waals surface area (Å²) >= 11 is 0. The van der Waals surface area contributed by atoms with E-state index in [1.807, 2.05) is 12.1 Å². The molecular formula is C11H18N2O2. The van der Waals surface area contributed by atoms with Crippen LogP contribution in [0, 0.1) is 0 Å². The first-order valence-corrected chi connectivity index (χ1v) is 5.38. The molecule has 1 fully saturated rings. The number of likely N-dealkylation sites (N-methyl/N-ethyl adjacent to an activating group) is 1. The number of hydrogen-bond donors (Lipinski definition) is 1. The van der Waals surface area contributed by atoms with Gasteiger partial charge in [-0.2, -0.15) is 0 Å². The van der Waals surface area contributed by atoms with E-state index in [4.69, 9.17) is 9.15 Å². The number of morpholine rings is 1. The number of ether oxygens (including phenoxy) is 1. The topological polar surface area (TPSA) is 37.6 Å². The highest BCUT2D eigenvalue weighted by Gasteiger charge is 2.16. The first kappa shape index (κ1) is 10.7. The van der Waals surface area contributed by atoms with Crippen LogP contribution in [0.5, 0.6) is 0 Å². The van der Waals surface area contributed by atoms with Crippen LogP contribution in [-0.2, 0) is 11.3 Å². The fourth-order valence-corrected chi connectivity index (χ4v) is 1.76. The zero-order chi connectivity index (χ0) is 10.5. The lowest BCUT2D eigenvalue weighted by Gasteiger charge is -2.30. The lowest BCUT2D eigenvalue weighted by molar-refractivity contribution is -0.0183. The van der Waals surface area contributed by atoms with Crippen LogP contribution in [0.2, 0.25) is 0 Å². The Bertz CT molecular complexity index is 274. The fourth-order valence-electron chi connectivity index (χ4n) is 1.76. The number of hydrogen-bond acceptors (Lipinski definition) is 4. The number of rotatable bonds is 4. The predicted octanol–water partition coefficient (Wildman–Crippen LogP) is 0.700. The monoisotopic (exact) mass is 210 g/mol. The van der Waals surface area contributed by atoms with Crippen LogP contribution < -0.4 is 5.32 Å². The van der Waals surface area contributed by atoms with Gasteiger partial charge in [0, 0.05) is 19.6 Å². The third-order valence-corrected chi connectivity index (χ3v) is 2.59. The van der Waals surface area contributed by atoms with Crippen molar-refractivity contribution in [3.05, 3.63) is 24.2 Å². The van der Waals surface area contributed by atoms with Gasteiger partial charge in [-0.15, -0.1) is 0 Å². The van der Waals surface area contributed by atoms with Gasteiger partial charge in [0.1, 0.15) is 5.76 Å². The van der Waals surface area contributed by atoms with Gasteiger partial charge < -0.3 is 19.4 Å². The van der Waals surface area contributed by atoms with Crippen molar-refractivity contribution in [1.29, 1.82) is 0 Å². The maximum Gasteiger partial charge on any atom is 0.117 e. The minimum absolute atomic E-state index is 0.304. The lowest BCUT2D eigenvalue weighted by Crippen LogP contribution is -2.44. The Kier molecular flexibility index (Phi) is 3.77. The SMILES string of the molecule is CN1CCO[C@H](CNCc2ccco2)C1. The number of nitrogens with one attached hydrogen (secondary N) is 1. The molecule has 0 aliphatic carbocycles.